The highest BCUT2D eigenvalue weighted by Crippen LogP contribution is 2.20. The number of hydrogen-bond acceptors (Lipinski definition) is 3. The summed E-state index contributed by atoms with van der Waals surface area (Å²) in [5.74, 6) is -1.36. The van der Waals surface area contributed by atoms with Crippen molar-refractivity contribution in [1.29, 1.82) is 0 Å². The molecule has 0 spiro atoms. The molecule has 2 N–H and O–H groups in total. The van der Waals surface area contributed by atoms with Crippen LogP contribution in [0.1, 0.15) is 33.6 Å². The lowest BCUT2D eigenvalue weighted by Crippen LogP contribution is -2.52. The lowest BCUT2D eigenvalue weighted by molar-refractivity contribution is -0.147. The highest BCUT2D eigenvalue weighted by molar-refractivity contribution is 5.87. The molecule has 0 aromatic heterocycles. The largest absolute Gasteiger partial charge is 0.480 e. The second kappa shape index (κ2) is 4.82. The molecule has 0 radical (unpaired) electrons. The quantitative estimate of drug-likeness (QED) is 0.750. The Hall–Kier alpha value is -1.10. The van der Waals surface area contributed by atoms with Gasteiger partial charge in [0, 0.05) is 12.5 Å². The van der Waals surface area contributed by atoms with Crippen molar-refractivity contribution in [3.63, 3.8) is 0 Å². The third kappa shape index (κ3) is 3.20. The Morgan fingerprint density at radius 3 is 2.56 bits per heavy atom. The molecule has 0 aromatic carbocycles. The van der Waals surface area contributed by atoms with Crippen molar-refractivity contribution in [3.8, 4) is 0 Å². The molecule has 0 aromatic rings. The van der Waals surface area contributed by atoms with Gasteiger partial charge in [0.05, 0.1) is 6.10 Å². The Labute approximate surface area is 95.2 Å². The van der Waals surface area contributed by atoms with E-state index in [0.29, 0.717) is 19.4 Å². The Morgan fingerprint density at radius 2 is 2.06 bits per heavy atom. The molecule has 0 bridgehead atoms. The van der Waals surface area contributed by atoms with Gasteiger partial charge in [-0.05, 0) is 33.6 Å². The minimum absolute atomic E-state index is 0.0671. The van der Waals surface area contributed by atoms with Crippen molar-refractivity contribution < 1.29 is 19.4 Å². The van der Waals surface area contributed by atoms with Gasteiger partial charge in [0.15, 0.2) is 0 Å². The van der Waals surface area contributed by atoms with E-state index in [1.165, 1.54) is 13.8 Å². The zero-order valence-corrected chi connectivity index (χ0v) is 9.95. The van der Waals surface area contributed by atoms with Crippen LogP contribution in [0.4, 0.5) is 0 Å². The van der Waals surface area contributed by atoms with Gasteiger partial charge in [0.25, 0.3) is 0 Å². The fourth-order valence-corrected chi connectivity index (χ4v) is 1.70. The van der Waals surface area contributed by atoms with Crippen molar-refractivity contribution >= 4 is 11.9 Å². The minimum atomic E-state index is -1.21. The van der Waals surface area contributed by atoms with Gasteiger partial charge in [-0.1, -0.05) is 0 Å². The Bertz CT molecular complexity index is 288. The third-order valence-corrected chi connectivity index (χ3v) is 2.83. The molecule has 2 unspecified atom stereocenters. The predicted molar refractivity (Wildman–Crippen MR) is 58.0 cm³/mol. The van der Waals surface area contributed by atoms with Gasteiger partial charge in [-0.15, -0.1) is 0 Å². The number of nitrogens with one attached hydrogen (secondary N) is 1. The second-order valence-corrected chi connectivity index (χ2v) is 4.82. The molecule has 5 nitrogen and oxygen atoms in total. The van der Waals surface area contributed by atoms with Gasteiger partial charge < -0.3 is 15.2 Å². The lowest BCUT2D eigenvalue weighted by Gasteiger charge is -2.29. The molecule has 0 saturated carbocycles. The number of rotatable bonds is 3. The fourth-order valence-electron chi connectivity index (χ4n) is 1.70. The minimum Gasteiger partial charge on any atom is -0.480 e. The normalized spacial score (nSPS) is 26.2. The summed E-state index contributed by atoms with van der Waals surface area (Å²) >= 11 is 0. The van der Waals surface area contributed by atoms with Crippen LogP contribution in [-0.4, -0.2) is 35.2 Å². The van der Waals surface area contributed by atoms with Gasteiger partial charge >= 0.3 is 5.97 Å². The number of ether oxygens (including phenoxy) is 1. The average molecular weight is 229 g/mol. The molecule has 1 fully saturated rings. The van der Waals surface area contributed by atoms with Crippen molar-refractivity contribution in [3.05, 3.63) is 0 Å². The van der Waals surface area contributed by atoms with Crippen molar-refractivity contribution in [1.82, 2.24) is 5.32 Å². The van der Waals surface area contributed by atoms with E-state index in [4.69, 9.17) is 9.84 Å². The first-order valence-corrected chi connectivity index (χ1v) is 5.50. The number of carboxylic acid groups (broad SMARTS) is 1. The van der Waals surface area contributed by atoms with Crippen LogP contribution in [0.5, 0.6) is 0 Å². The summed E-state index contributed by atoms with van der Waals surface area (Å²) in [7, 11) is 0. The van der Waals surface area contributed by atoms with Crippen LogP contribution in [0.2, 0.25) is 0 Å². The number of carboxylic acids is 1. The van der Waals surface area contributed by atoms with E-state index in [1.807, 2.05) is 6.92 Å². The average Bonchev–Trinajstić information content (AvgIpc) is 2.16. The summed E-state index contributed by atoms with van der Waals surface area (Å²) in [6.07, 6.45) is 1.38. The van der Waals surface area contributed by atoms with Gasteiger partial charge in [-0.25, -0.2) is 4.79 Å². The van der Waals surface area contributed by atoms with E-state index in [-0.39, 0.29) is 17.9 Å². The number of amides is 1. The lowest BCUT2D eigenvalue weighted by atomic mass is 9.94. The maximum Gasteiger partial charge on any atom is 0.328 e. The Balaban J connectivity index is 2.55. The molecule has 1 amide bonds. The highest BCUT2D eigenvalue weighted by Gasteiger charge is 2.33. The van der Waals surface area contributed by atoms with Gasteiger partial charge in [-0.2, -0.15) is 0 Å². The molecule has 16 heavy (non-hydrogen) atoms. The fraction of sp³-hybridized carbons (Fsp3) is 0.818. The third-order valence-electron chi connectivity index (χ3n) is 2.83. The molecule has 5 heteroatoms. The molecule has 1 heterocycles. The van der Waals surface area contributed by atoms with Crippen LogP contribution in [-0.2, 0) is 14.3 Å². The van der Waals surface area contributed by atoms with E-state index in [1.54, 1.807) is 0 Å². The van der Waals surface area contributed by atoms with Gasteiger partial charge in [0.2, 0.25) is 5.91 Å². The summed E-state index contributed by atoms with van der Waals surface area (Å²) in [5.41, 5.74) is -1.21. The molecular formula is C11H19NO4. The van der Waals surface area contributed by atoms with Gasteiger partial charge in [-0.3, -0.25) is 4.79 Å². The molecule has 1 aliphatic rings. The van der Waals surface area contributed by atoms with Crippen molar-refractivity contribution in [2.75, 3.05) is 6.61 Å². The van der Waals surface area contributed by atoms with Crippen LogP contribution >= 0.6 is 0 Å². The van der Waals surface area contributed by atoms with Crippen LogP contribution in [0.15, 0.2) is 0 Å². The van der Waals surface area contributed by atoms with E-state index < -0.39 is 11.5 Å². The van der Waals surface area contributed by atoms with Crippen LogP contribution < -0.4 is 5.32 Å². The first-order valence-electron chi connectivity index (χ1n) is 5.50. The summed E-state index contributed by atoms with van der Waals surface area (Å²) in [4.78, 5) is 22.7. The highest BCUT2D eigenvalue weighted by atomic mass is 16.5. The molecule has 1 aliphatic heterocycles. The topological polar surface area (TPSA) is 75.6 Å². The van der Waals surface area contributed by atoms with Crippen LogP contribution in [0, 0.1) is 5.92 Å². The van der Waals surface area contributed by atoms with Gasteiger partial charge in [0.1, 0.15) is 5.54 Å². The van der Waals surface area contributed by atoms with Crippen LogP contribution in [0.3, 0.4) is 0 Å². The molecule has 2 atom stereocenters. The van der Waals surface area contributed by atoms with Crippen LogP contribution in [0.25, 0.3) is 0 Å². The SMILES string of the molecule is CC1CC(C(=O)NC(C)(C)C(=O)O)CCO1. The van der Waals surface area contributed by atoms with E-state index in [2.05, 4.69) is 5.32 Å². The first-order chi connectivity index (χ1) is 7.33. The predicted octanol–water partition coefficient (Wildman–Crippen LogP) is 0.781. The monoisotopic (exact) mass is 229 g/mol. The molecule has 92 valence electrons. The smallest absolute Gasteiger partial charge is 0.328 e. The first kappa shape index (κ1) is 13.0. The summed E-state index contributed by atoms with van der Waals surface area (Å²) in [5, 5.41) is 11.5. The maximum atomic E-state index is 11.8. The van der Waals surface area contributed by atoms with E-state index >= 15 is 0 Å². The number of hydrogen-bond donors (Lipinski definition) is 2. The van der Waals surface area contributed by atoms with Crippen molar-refractivity contribution in [2.24, 2.45) is 5.92 Å². The van der Waals surface area contributed by atoms with Crippen molar-refractivity contribution in [2.45, 2.75) is 45.3 Å². The van der Waals surface area contributed by atoms with E-state index in [0.717, 1.165) is 0 Å². The number of carbonyl (C=O) groups is 2. The zero-order chi connectivity index (χ0) is 12.3. The zero-order valence-electron chi connectivity index (χ0n) is 9.95. The number of carbonyl (C=O) groups excluding carboxylic acids is 1. The summed E-state index contributed by atoms with van der Waals surface area (Å²) in [6.45, 7) is 5.44. The number of aliphatic carboxylic acids is 1. The maximum absolute atomic E-state index is 11.8. The molecular weight excluding hydrogens is 210 g/mol. The standard InChI is InChI=1S/C11H19NO4/c1-7-6-8(4-5-16-7)9(13)12-11(2,3)10(14)15/h7-8H,4-6H2,1-3H3,(H,12,13)(H,14,15). The molecule has 1 saturated heterocycles. The Morgan fingerprint density at radius 1 is 1.44 bits per heavy atom. The Kier molecular flexibility index (Phi) is 3.91. The second-order valence-electron chi connectivity index (χ2n) is 4.82. The van der Waals surface area contributed by atoms with E-state index in [9.17, 15) is 9.59 Å². The molecule has 0 aliphatic carbocycles. The summed E-state index contributed by atoms with van der Waals surface area (Å²) in [6, 6.07) is 0. The molecule has 1 rings (SSSR count). The summed E-state index contributed by atoms with van der Waals surface area (Å²) < 4.78 is 5.34.